The number of aryl methyl sites for hydroxylation is 2. The molecule has 0 aliphatic carbocycles. The maximum atomic E-state index is 13.9. The maximum absolute atomic E-state index is 13.9. The minimum absolute atomic E-state index is 0.00966. The molecular weight excluding hydrogens is 482 g/mol. The zero-order valence-electron chi connectivity index (χ0n) is 21.8. The number of amidine groups is 1. The molecule has 0 aliphatic rings. The fourth-order valence-corrected chi connectivity index (χ4v) is 4.23. The number of benzene rings is 1. The Morgan fingerprint density at radius 2 is 1.84 bits per heavy atom. The topological polar surface area (TPSA) is 141 Å². The number of methoxy groups -OCH3 is 1. The average molecular weight is 514 g/mol. The van der Waals surface area contributed by atoms with Crippen LogP contribution in [0.2, 0.25) is 0 Å². The van der Waals surface area contributed by atoms with Gasteiger partial charge in [0, 0.05) is 35.7 Å². The van der Waals surface area contributed by atoms with Crippen molar-refractivity contribution in [3.8, 4) is 23.0 Å². The molecule has 0 fully saturated rings. The number of hydrogen-bond acceptors (Lipinski definition) is 8. The van der Waals surface area contributed by atoms with Crippen LogP contribution in [0.25, 0.3) is 17.2 Å². The van der Waals surface area contributed by atoms with Crippen molar-refractivity contribution in [1.29, 1.82) is 0 Å². The van der Waals surface area contributed by atoms with Gasteiger partial charge in [0.1, 0.15) is 5.82 Å². The number of aromatic nitrogens is 5. The van der Waals surface area contributed by atoms with E-state index >= 15 is 0 Å². The van der Waals surface area contributed by atoms with Gasteiger partial charge in [0.2, 0.25) is 5.95 Å². The summed E-state index contributed by atoms with van der Waals surface area (Å²) in [6.45, 7) is 4.07. The van der Waals surface area contributed by atoms with Crippen LogP contribution in [0.3, 0.4) is 0 Å². The van der Waals surface area contributed by atoms with E-state index in [1.54, 1.807) is 12.3 Å². The number of hydrogen-bond donors (Lipinski definition) is 2. The first-order chi connectivity index (χ1) is 18.5. The molecule has 4 aromatic rings. The lowest BCUT2D eigenvalue weighted by Crippen LogP contribution is -2.30. The summed E-state index contributed by atoms with van der Waals surface area (Å²) in [6, 6.07) is 11.1. The summed E-state index contributed by atoms with van der Waals surface area (Å²) in [4.78, 5) is 32.1. The smallest absolute Gasteiger partial charge is 0.264 e. The van der Waals surface area contributed by atoms with Crippen molar-refractivity contribution in [2.75, 3.05) is 7.11 Å². The molecule has 0 amide bonds. The zero-order chi connectivity index (χ0) is 27.1. The predicted molar refractivity (Wildman–Crippen MR) is 145 cm³/mol. The molecule has 0 unspecified atom stereocenters. The standard InChI is InChI=1S/C28H31N7O3/c1-4-6-11-24-22(27(36)35(25(5-2)33-24)28-31-16-19(38-3)17-32-28)14-18-12-13-23(30-15-18)20-9-7-8-10-21(20)26(29)34-37/h7-10,12-13,15-17,37H,4-6,11,14H2,1-3H3,(H2,29,34). The van der Waals surface area contributed by atoms with E-state index in [-0.39, 0.29) is 17.3 Å². The van der Waals surface area contributed by atoms with Crippen molar-refractivity contribution in [3.05, 3.63) is 93.6 Å². The van der Waals surface area contributed by atoms with Crippen LogP contribution in [-0.4, -0.2) is 42.7 Å². The van der Waals surface area contributed by atoms with Gasteiger partial charge in [0.15, 0.2) is 11.6 Å². The third kappa shape index (κ3) is 5.54. The summed E-state index contributed by atoms with van der Waals surface area (Å²) in [5.74, 6) is 1.39. The van der Waals surface area contributed by atoms with Crippen molar-refractivity contribution in [2.45, 2.75) is 46.0 Å². The fourth-order valence-electron chi connectivity index (χ4n) is 4.23. The molecule has 0 saturated carbocycles. The van der Waals surface area contributed by atoms with E-state index in [9.17, 15) is 4.79 Å². The van der Waals surface area contributed by atoms with Crippen molar-refractivity contribution in [2.24, 2.45) is 10.9 Å². The van der Waals surface area contributed by atoms with E-state index < -0.39 is 0 Å². The normalized spacial score (nSPS) is 11.5. The fraction of sp³-hybridized carbons (Fsp3) is 0.286. The van der Waals surface area contributed by atoms with Gasteiger partial charge in [-0.3, -0.25) is 9.78 Å². The minimum atomic E-state index is -0.186. The number of nitrogens with two attached hydrogens (primary N) is 1. The lowest BCUT2D eigenvalue weighted by molar-refractivity contribution is 0.318. The Bertz CT molecular complexity index is 1480. The Kier molecular flexibility index (Phi) is 8.42. The number of ether oxygens (including phenoxy) is 1. The molecular formula is C28H31N7O3. The molecule has 196 valence electrons. The Balaban J connectivity index is 1.75. The Labute approximate surface area is 220 Å². The largest absolute Gasteiger partial charge is 0.494 e. The molecule has 0 atom stereocenters. The first-order valence-electron chi connectivity index (χ1n) is 12.5. The minimum Gasteiger partial charge on any atom is -0.494 e. The summed E-state index contributed by atoms with van der Waals surface area (Å²) in [5.41, 5.74) is 9.91. The third-order valence-electron chi connectivity index (χ3n) is 6.26. The molecule has 10 nitrogen and oxygen atoms in total. The lowest BCUT2D eigenvalue weighted by Gasteiger charge is -2.16. The monoisotopic (exact) mass is 513 g/mol. The van der Waals surface area contributed by atoms with Gasteiger partial charge >= 0.3 is 0 Å². The first-order valence-corrected chi connectivity index (χ1v) is 12.5. The highest BCUT2D eigenvalue weighted by atomic mass is 16.5. The summed E-state index contributed by atoms with van der Waals surface area (Å²) >= 11 is 0. The molecule has 1 aromatic carbocycles. The van der Waals surface area contributed by atoms with Crippen molar-refractivity contribution in [3.63, 3.8) is 0 Å². The van der Waals surface area contributed by atoms with Crippen molar-refractivity contribution < 1.29 is 9.94 Å². The highest BCUT2D eigenvalue weighted by Crippen LogP contribution is 2.23. The van der Waals surface area contributed by atoms with Gasteiger partial charge in [-0.2, -0.15) is 0 Å². The van der Waals surface area contributed by atoms with Gasteiger partial charge in [-0.05, 0) is 24.5 Å². The lowest BCUT2D eigenvalue weighted by atomic mass is 10.00. The van der Waals surface area contributed by atoms with Crippen LogP contribution in [0.1, 0.15) is 54.9 Å². The predicted octanol–water partition coefficient (Wildman–Crippen LogP) is 3.68. The maximum Gasteiger partial charge on any atom is 0.264 e. The molecule has 0 aliphatic heterocycles. The number of unbranched alkanes of at least 4 members (excludes halogenated alkanes) is 1. The van der Waals surface area contributed by atoms with Crippen LogP contribution in [0.15, 0.2) is 64.9 Å². The molecule has 3 aromatic heterocycles. The SMILES string of the molecule is CCCCc1nc(CC)n(-c2ncc(OC)cn2)c(=O)c1Cc1ccc(-c2ccccc2/C(N)=N\O)nc1. The Morgan fingerprint density at radius 3 is 2.47 bits per heavy atom. The molecule has 0 bridgehead atoms. The van der Waals surface area contributed by atoms with E-state index in [4.69, 9.17) is 20.7 Å². The summed E-state index contributed by atoms with van der Waals surface area (Å²) < 4.78 is 6.65. The number of nitrogens with zero attached hydrogens (tertiary/aromatic N) is 6. The van der Waals surface area contributed by atoms with Crippen LogP contribution >= 0.6 is 0 Å². The van der Waals surface area contributed by atoms with E-state index in [1.165, 1.54) is 24.1 Å². The molecule has 3 heterocycles. The number of rotatable bonds is 10. The van der Waals surface area contributed by atoms with Crippen LogP contribution in [0.5, 0.6) is 5.75 Å². The van der Waals surface area contributed by atoms with Gasteiger partial charge in [0.05, 0.1) is 30.9 Å². The summed E-state index contributed by atoms with van der Waals surface area (Å²) in [6.07, 6.45) is 8.35. The highest BCUT2D eigenvalue weighted by Gasteiger charge is 2.19. The Morgan fingerprint density at radius 1 is 1.08 bits per heavy atom. The van der Waals surface area contributed by atoms with E-state index in [1.807, 2.05) is 37.3 Å². The van der Waals surface area contributed by atoms with Crippen LogP contribution in [0.4, 0.5) is 0 Å². The van der Waals surface area contributed by atoms with Gasteiger partial charge < -0.3 is 15.7 Å². The first kappa shape index (κ1) is 26.5. The van der Waals surface area contributed by atoms with Crippen molar-refractivity contribution in [1.82, 2.24) is 24.5 Å². The van der Waals surface area contributed by atoms with Gasteiger partial charge in [-0.1, -0.05) is 55.8 Å². The molecule has 3 N–H and O–H groups in total. The van der Waals surface area contributed by atoms with Gasteiger partial charge in [0.25, 0.3) is 5.56 Å². The average Bonchev–Trinajstić information content (AvgIpc) is 2.97. The van der Waals surface area contributed by atoms with Gasteiger partial charge in [-0.15, -0.1) is 0 Å². The second-order valence-corrected chi connectivity index (χ2v) is 8.73. The highest BCUT2D eigenvalue weighted by molar-refractivity contribution is 6.02. The molecule has 4 rings (SSSR count). The summed E-state index contributed by atoms with van der Waals surface area (Å²) in [7, 11) is 1.54. The number of oxime groups is 1. The van der Waals surface area contributed by atoms with E-state index in [0.717, 1.165) is 29.7 Å². The third-order valence-corrected chi connectivity index (χ3v) is 6.26. The van der Waals surface area contributed by atoms with E-state index in [2.05, 4.69) is 27.0 Å². The van der Waals surface area contributed by atoms with Gasteiger partial charge in [-0.25, -0.2) is 19.5 Å². The zero-order valence-corrected chi connectivity index (χ0v) is 21.8. The molecule has 38 heavy (non-hydrogen) atoms. The Hall–Kier alpha value is -4.60. The molecule has 0 radical (unpaired) electrons. The van der Waals surface area contributed by atoms with Crippen LogP contribution in [0, 0.1) is 0 Å². The number of pyridine rings is 1. The molecule has 0 saturated heterocycles. The molecule has 0 spiro atoms. The molecule has 10 heteroatoms. The van der Waals surface area contributed by atoms with Crippen molar-refractivity contribution >= 4 is 5.84 Å². The second kappa shape index (κ2) is 12.1. The summed E-state index contributed by atoms with van der Waals surface area (Å²) in [5, 5.41) is 12.3. The second-order valence-electron chi connectivity index (χ2n) is 8.73. The quantitative estimate of drug-likeness (QED) is 0.142. The van der Waals surface area contributed by atoms with Crippen LogP contribution in [-0.2, 0) is 19.3 Å². The van der Waals surface area contributed by atoms with Crippen LogP contribution < -0.4 is 16.0 Å². The van der Waals surface area contributed by atoms with E-state index in [0.29, 0.717) is 47.7 Å².